The van der Waals surface area contributed by atoms with Gasteiger partial charge in [-0.25, -0.2) is 13.4 Å². The number of nitrogens with zero attached hydrogens (tertiary/aromatic N) is 4. The lowest BCUT2D eigenvalue weighted by atomic mass is 10.3. The Balaban J connectivity index is 1.57. The quantitative estimate of drug-likeness (QED) is 0.369. The van der Waals surface area contributed by atoms with Gasteiger partial charge in [-0.1, -0.05) is 0 Å². The maximum atomic E-state index is 12.3. The highest BCUT2D eigenvalue weighted by Gasteiger charge is 2.20. The summed E-state index contributed by atoms with van der Waals surface area (Å²) in [6.45, 7) is 0.0975. The number of ether oxygens (including phenoxy) is 1. The summed E-state index contributed by atoms with van der Waals surface area (Å²) in [6.07, 6.45) is 2.66. The van der Waals surface area contributed by atoms with Crippen LogP contribution in [0.2, 0.25) is 0 Å². The summed E-state index contributed by atoms with van der Waals surface area (Å²) in [5.74, 6) is -0.507. The molecule has 14 heteroatoms. The van der Waals surface area contributed by atoms with E-state index in [4.69, 9.17) is 4.74 Å². The minimum absolute atomic E-state index is 0.00631. The summed E-state index contributed by atoms with van der Waals surface area (Å²) in [6, 6.07) is 5.62. The van der Waals surface area contributed by atoms with E-state index in [0.717, 1.165) is 11.3 Å². The molecule has 0 unspecified atom stereocenters. The zero-order valence-electron chi connectivity index (χ0n) is 15.5. The number of benzene rings is 1. The van der Waals surface area contributed by atoms with Gasteiger partial charge in [-0.15, -0.1) is 16.4 Å². The van der Waals surface area contributed by atoms with Gasteiger partial charge in [-0.2, -0.15) is 0 Å². The second-order valence-electron chi connectivity index (χ2n) is 5.81. The first-order chi connectivity index (χ1) is 14.3. The molecular weight excluding hydrogens is 436 g/mol. The Morgan fingerprint density at radius 3 is 2.63 bits per heavy atom. The van der Waals surface area contributed by atoms with Crippen molar-refractivity contribution in [1.29, 1.82) is 0 Å². The normalized spacial score (nSPS) is 11.1. The fraction of sp³-hybridized carbons (Fsp3) is 0.188. The number of nitrogens with one attached hydrogen (secondary N) is 2. The van der Waals surface area contributed by atoms with Crippen LogP contribution in [-0.4, -0.2) is 41.1 Å². The third-order valence-electron chi connectivity index (χ3n) is 3.77. The Morgan fingerprint density at radius 1 is 1.33 bits per heavy atom. The van der Waals surface area contributed by atoms with Crippen LogP contribution >= 0.6 is 11.3 Å². The molecule has 1 amide bonds. The van der Waals surface area contributed by atoms with Crippen LogP contribution < -0.4 is 14.8 Å². The third kappa shape index (κ3) is 5.09. The van der Waals surface area contributed by atoms with Gasteiger partial charge in [0.2, 0.25) is 5.91 Å². The standard InChI is InChI=1S/C16H16N6O6S2/c1-28-15-13(22(24)25)10-21(19-15)8-6-14(23)18-11-2-4-12(5-3-11)30(26,27)20-16-17-7-9-29-16/h2-5,7,9-10H,6,8H2,1H3,(H,17,20)(H,18,23). The van der Waals surface area contributed by atoms with Gasteiger partial charge in [0.25, 0.3) is 10.0 Å². The summed E-state index contributed by atoms with van der Waals surface area (Å²) in [5.41, 5.74) is 0.110. The first-order valence-electron chi connectivity index (χ1n) is 8.36. The number of carbonyl (C=O) groups excluding carboxylic acids is 1. The molecule has 1 aromatic carbocycles. The monoisotopic (exact) mass is 452 g/mol. The minimum Gasteiger partial charge on any atom is -0.475 e. The van der Waals surface area contributed by atoms with Gasteiger partial charge >= 0.3 is 11.6 Å². The molecule has 158 valence electrons. The molecular formula is C16H16N6O6S2. The average molecular weight is 452 g/mol. The second kappa shape index (κ2) is 8.87. The van der Waals surface area contributed by atoms with Gasteiger partial charge in [0.1, 0.15) is 6.20 Å². The molecule has 0 atom stereocenters. The Kier molecular flexibility index (Phi) is 6.27. The van der Waals surface area contributed by atoms with E-state index in [-0.39, 0.29) is 40.5 Å². The van der Waals surface area contributed by atoms with E-state index in [2.05, 4.69) is 20.1 Å². The van der Waals surface area contributed by atoms with E-state index in [1.165, 1.54) is 48.5 Å². The molecule has 30 heavy (non-hydrogen) atoms. The van der Waals surface area contributed by atoms with Crippen molar-refractivity contribution in [2.24, 2.45) is 0 Å². The zero-order chi connectivity index (χ0) is 21.7. The van der Waals surface area contributed by atoms with Crippen LogP contribution in [0.4, 0.5) is 16.5 Å². The van der Waals surface area contributed by atoms with Gasteiger partial charge in [0, 0.05) is 23.7 Å². The third-order valence-corrected chi connectivity index (χ3v) is 5.94. The second-order valence-corrected chi connectivity index (χ2v) is 8.39. The molecule has 3 aromatic rings. The predicted octanol–water partition coefficient (Wildman–Crippen LogP) is 2.09. The van der Waals surface area contributed by atoms with Crippen LogP contribution in [0.25, 0.3) is 0 Å². The molecule has 0 aliphatic heterocycles. The lowest BCUT2D eigenvalue weighted by Gasteiger charge is -2.08. The Morgan fingerprint density at radius 2 is 2.07 bits per heavy atom. The van der Waals surface area contributed by atoms with Crippen molar-refractivity contribution in [3.8, 4) is 5.88 Å². The molecule has 0 aliphatic carbocycles. The molecule has 12 nitrogen and oxygen atoms in total. The minimum atomic E-state index is -3.78. The van der Waals surface area contributed by atoms with Crippen molar-refractivity contribution < 1.29 is 22.9 Å². The fourth-order valence-electron chi connectivity index (χ4n) is 2.38. The molecule has 2 N–H and O–H groups in total. The smallest absolute Gasteiger partial charge is 0.350 e. The van der Waals surface area contributed by atoms with E-state index < -0.39 is 14.9 Å². The van der Waals surface area contributed by atoms with Gasteiger partial charge in [0.15, 0.2) is 5.13 Å². The Hall–Kier alpha value is -3.52. The van der Waals surface area contributed by atoms with Crippen molar-refractivity contribution >= 4 is 43.8 Å². The van der Waals surface area contributed by atoms with Crippen LogP contribution in [0.1, 0.15) is 6.42 Å². The van der Waals surface area contributed by atoms with Crippen molar-refractivity contribution in [3.05, 3.63) is 52.2 Å². The van der Waals surface area contributed by atoms with Gasteiger partial charge in [0.05, 0.1) is 23.5 Å². The first kappa shape index (κ1) is 21.2. The van der Waals surface area contributed by atoms with Gasteiger partial charge in [-0.05, 0) is 24.3 Å². The van der Waals surface area contributed by atoms with Crippen molar-refractivity contribution in [3.63, 3.8) is 0 Å². The van der Waals surface area contributed by atoms with E-state index in [1.54, 1.807) is 5.38 Å². The summed E-state index contributed by atoms with van der Waals surface area (Å²) in [5, 5.41) is 19.3. The molecule has 0 radical (unpaired) electrons. The number of hydrogen-bond donors (Lipinski definition) is 2. The number of nitro groups is 1. The number of aromatic nitrogens is 3. The lowest BCUT2D eigenvalue weighted by Crippen LogP contribution is -2.15. The zero-order valence-corrected chi connectivity index (χ0v) is 17.1. The average Bonchev–Trinajstić information content (AvgIpc) is 3.36. The number of methoxy groups -OCH3 is 1. The highest BCUT2D eigenvalue weighted by Crippen LogP contribution is 2.24. The summed E-state index contributed by atoms with van der Waals surface area (Å²) in [4.78, 5) is 26.3. The van der Waals surface area contributed by atoms with Gasteiger partial charge < -0.3 is 10.1 Å². The van der Waals surface area contributed by atoms with Crippen molar-refractivity contribution in [2.45, 2.75) is 17.9 Å². The van der Waals surface area contributed by atoms with Crippen LogP contribution in [0.5, 0.6) is 5.88 Å². The predicted molar refractivity (Wildman–Crippen MR) is 108 cm³/mol. The van der Waals surface area contributed by atoms with Crippen LogP contribution in [-0.2, 0) is 21.4 Å². The topological polar surface area (TPSA) is 158 Å². The SMILES string of the molecule is COc1nn(CCC(=O)Nc2ccc(S(=O)(=O)Nc3nccs3)cc2)cc1[N+](=O)[O-]. The number of rotatable bonds is 9. The van der Waals surface area contributed by atoms with E-state index >= 15 is 0 Å². The maximum absolute atomic E-state index is 12.3. The molecule has 3 rings (SSSR count). The maximum Gasteiger partial charge on any atom is 0.350 e. The number of hydrogen-bond acceptors (Lipinski definition) is 9. The molecule has 0 fully saturated rings. The van der Waals surface area contributed by atoms with E-state index in [1.807, 2.05) is 0 Å². The fourth-order valence-corrected chi connectivity index (χ4v) is 4.17. The number of sulfonamides is 1. The lowest BCUT2D eigenvalue weighted by molar-refractivity contribution is -0.385. The molecule has 0 bridgehead atoms. The molecule has 2 heterocycles. The molecule has 0 aliphatic rings. The summed E-state index contributed by atoms with van der Waals surface area (Å²) >= 11 is 1.15. The number of amides is 1. The highest BCUT2D eigenvalue weighted by atomic mass is 32.2. The number of aryl methyl sites for hydroxylation is 1. The van der Waals surface area contributed by atoms with Crippen LogP contribution in [0, 0.1) is 10.1 Å². The number of anilines is 2. The summed E-state index contributed by atoms with van der Waals surface area (Å²) < 4.78 is 33.0. The van der Waals surface area contributed by atoms with Gasteiger partial charge in [-0.3, -0.25) is 24.3 Å². The van der Waals surface area contributed by atoms with E-state index in [0.29, 0.717) is 5.69 Å². The molecule has 2 aromatic heterocycles. The number of carbonyl (C=O) groups is 1. The molecule has 0 saturated carbocycles. The molecule has 0 saturated heterocycles. The highest BCUT2D eigenvalue weighted by molar-refractivity contribution is 7.93. The molecule has 0 spiro atoms. The Labute approximate surface area is 174 Å². The Bertz CT molecular complexity index is 1140. The van der Waals surface area contributed by atoms with Crippen molar-refractivity contribution in [1.82, 2.24) is 14.8 Å². The first-order valence-corrected chi connectivity index (χ1v) is 10.7. The van der Waals surface area contributed by atoms with Crippen LogP contribution in [0.3, 0.4) is 0 Å². The van der Waals surface area contributed by atoms with E-state index in [9.17, 15) is 23.3 Å². The largest absolute Gasteiger partial charge is 0.475 e. The van der Waals surface area contributed by atoms with Crippen molar-refractivity contribution in [2.75, 3.05) is 17.1 Å². The summed E-state index contributed by atoms with van der Waals surface area (Å²) in [7, 11) is -2.51. The number of thiazole rings is 1. The van der Waals surface area contributed by atoms with Crippen LogP contribution in [0.15, 0.2) is 46.9 Å².